The molecule has 1 aromatic carbocycles. The summed E-state index contributed by atoms with van der Waals surface area (Å²) in [6, 6.07) is 6.50. The summed E-state index contributed by atoms with van der Waals surface area (Å²) in [5.74, 6) is 2.87. The summed E-state index contributed by atoms with van der Waals surface area (Å²) in [6.45, 7) is 14.0. The minimum Gasteiger partial charge on any atom is -0.492 e. The minimum atomic E-state index is 0.0987. The number of benzene rings is 1. The Kier molecular flexibility index (Phi) is 5.79. The van der Waals surface area contributed by atoms with Gasteiger partial charge in [0.1, 0.15) is 5.75 Å². The van der Waals surface area contributed by atoms with Crippen molar-refractivity contribution >= 4 is 12.6 Å². The van der Waals surface area contributed by atoms with Crippen LogP contribution in [0.1, 0.15) is 64.5 Å². The summed E-state index contributed by atoms with van der Waals surface area (Å²) in [7, 11) is 0. The summed E-state index contributed by atoms with van der Waals surface area (Å²) in [5, 5.41) is 0. The second-order valence-electron chi connectivity index (χ2n) is 6.69. The predicted molar refractivity (Wildman–Crippen MR) is 87.7 cm³/mol. The molecule has 0 atom stereocenters. The monoisotopic (exact) mass is 280 g/mol. The van der Waals surface area contributed by atoms with Gasteiger partial charge in [-0.3, -0.25) is 0 Å². The number of para-hydroxylation sites is 1. The van der Waals surface area contributed by atoms with E-state index in [0.29, 0.717) is 18.4 Å². The Hall–Kier alpha value is -0.630. The Morgan fingerprint density at radius 2 is 1.53 bits per heavy atom. The van der Waals surface area contributed by atoms with E-state index in [1.807, 2.05) is 0 Å². The lowest BCUT2D eigenvalue weighted by Gasteiger charge is -2.26. The Balaban J connectivity index is 3.08. The summed E-state index contributed by atoms with van der Waals surface area (Å²) in [5.41, 5.74) is 2.71. The maximum Gasteiger partial charge on any atom is 0.126 e. The topological polar surface area (TPSA) is 9.23 Å². The molecule has 0 spiro atoms. The Bertz CT molecular complexity index is 381. The van der Waals surface area contributed by atoms with Gasteiger partial charge in [0, 0.05) is 5.41 Å². The fourth-order valence-electron chi connectivity index (χ4n) is 1.96. The second-order valence-corrected chi connectivity index (χ2v) is 7.00. The smallest absolute Gasteiger partial charge is 0.126 e. The molecule has 0 aliphatic carbocycles. The largest absolute Gasteiger partial charge is 0.492 e. The Morgan fingerprint density at radius 1 is 1.05 bits per heavy atom. The summed E-state index contributed by atoms with van der Waals surface area (Å²) >= 11 is 4.40. The van der Waals surface area contributed by atoms with E-state index in [2.05, 4.69) is 72.4 Å². The van der Waals surface area contributed by atoms with E-state index in [1.54, 1.807) is 0 Å². The average molecular weight is 280 g/mol. The van der Waals surface area contributed by atoms with Gasteiger partial charge >= 0.3 is 0 Å². The van der Waals surface area contributed by atoms with Gasteiger partial charge in [0.25, 0.3) is 0 Å². The molecule has 0 radical (unpaired) electrons. The third kappa shape index (κ3) is 4.45. The van der Waals surface area contributed by atoms with Crippen LogP contribution in [0.3, 0.4) is 0 Å². The Labute approximate surface area is 124 Å². The molecule has 0 saturated heterocycles. The number of hydrogen-bond acceptors (Lipinski definition) is 2. The SMILES string of the molecule is CC(C)c1cccc(C(C)C)c1OCC(C)(C)CS. The zero-order valence-electron chi connectivity index (χ0n) is 13.2. The van der Waals surface area contributed by atoms with E-state index < -0.39 is 0 Å². The standard InChI is InChI=1S/C17H28OS/c1-12(2)14-8-7-9-15(13(3)4)16(14)18-10-17(5,6)11-19/h7-9,12-13,19H,10-11H2,1-6H3. The van der Waals surface area contributed by atoms with Gasteiger partial charge in [-0.25, -0.2) is 0 Å². The number of rotatable bonds is 6. The van der Waals surface area contributed by atoms with Gasteiger partial charge in [-0.2, -0.15) is 12.6 Å². The van der Waals surface area contributed by atoms with Crippen LogP contribution in [0, 0.1) is 5.41 Å². The summed E-state index contributed by atoms with van der Waals surface area (Å²) in [4.78, 5) is 0. The van der Waals surface area contributed by atoms with Crippen LogP contribution in [0.4, 0.5) is 0 Å². The molecule has 0 unspecified atom stereocenters. The van der Waals surface area contributed by atoms with Crippen molar-refractivity contribution in [3.05, 3.63) is 29.3 Å². The molecule has 108 valence electrons. The first-order valence-electron chi connectivity index (χ1n) is 7.15. The van der Waals surface area contributed by atoms with Crippen LogP contribution >= 0.6 is 12.6 Å². The van der Waals surface area contributed by atoms with E-state index in [1.165, 1.54) is 11.1 Å². The highest BCUT2D eigenvalue weighted by atomic mass is 32.1. The first kappa shape index (κ1) is 16.4. The molecule has 0 saturated carbocycles. The highest BCUT2D eigenvalue weighted by Crippen LogP contribution is 2.35. The fourth-order valence-corrected chi connectivity index (χ4v) is 2.05. The van der Waals surface area contributed by atoms with Crippen molar-refractivity contribution < 1.29 is 4.74 Å². The molecule has 1 nitrogen and oxygen atoms in total. The molecule has 0 aromatic heterocycles. The molecular weight excluding hydrogens is 252 g/mol. The van der Waals surface area contributed by atoms with Crippen molar-refractivity contribution in [3.63, 3.8) is 0 Å². The van der Waals surface area contributed by atoms with Crippen molar-refractivity contribution in [1.29, 1.82) is 0 Å². The van der Waals surface area contributed by atoms with E-state index in [-0.39, 0.29) is 5.41 Å². The number of ether oxygens (including phenoxy) is 1. The van der Waals surface area contributed by atoms with Gasteiger partial charge in [0.2, 0.25) is 0 Å². The van der Waals surface area contributed by atoms with Gasteiger partial charge in [0.15, 0.2) is 0 Å². The van der Waals surface area contributed by atoms with Crippen LogP contribution in [0.15, 0.2) is 18.2 Å². The minimum absolute atomic E-state index is 0.0987. The van der Waals surface area contributed by atoms with Gasteiger partial charge in [-0.05, 0) is 28.7 Å². The van der Waals surface area contributed by atoms with Gasteiger partial charge in [0.05, 0.1) is 6.61 Å². The van der Waals surface area contributed by atoms with E-state index in [4.69, 9.17) is 4.74 Å². The number of thiol groups is 1. The van der Waals surface area contributed by atoms with Crippen LogP contribution in [0.5, 0.6) is 5.75 Å². The van der Waals surface area contributed by atoms with Gasteiger partial charge in [-0.1, -0.05) is 59.7 Å². The molecule has 0 amide bonds. The highest BCUT2D eigenvalue weighted by molar-refractivity contribution is 7.80. The average Bonchev–Trinajstić information content (AvgIpc) is 2.35. The van der Waals surface area contributed by atoms with Crippen molar-refractivity contribution in [3.8, 4) is 5.75 Å². The number of hydrogen-bond donors (Lipinski definition) is 1. The molecule has 2 heteroatoms. The first-order valence-corrected chi connectivity index (χ1v) is 7.78. The maximum atomic E-state index is 6.20. The molecule has 19 heavy (non-hydrogen) atoms. The lowest BCUT2D eigenvalue weighted by atomic mass is 9.93. The third-order valence-electron chi connectivity index (χ3n) is 3.36. The molecule has 0 N–H and O–H groups in total. The van der Waals surface area contributed by atoms with Crippen LogP contribution in [0.2, 0.25) is 0 Å². The summed E-state index contributed by atoms with van der Waals surface area (Å²) < 4.78 is 6.20. The molecule has 1 rings (SSSR count). The molecular formula is C17H28OS. The lowest BCUT2D eigenvalue weighted by Crippen LogP contribution is -2.24. The predicted octanol–water partition coefficient (Wildman–Crippen LogP) is 5.27. The third-order valence-corrected chi connectivity index (χ3v) is 4.21. The maximum absolute atomic E-state index is 6.20. The lowest BCUT2D eigenvalue weighted by molar-refractivity contribution is 0.198. The van der Waals surface area contributed by atoms with Crippen molar-refractivity contribution in [2.75, 3.05) is 12.4 Å². The fraction of sp³-hybridized carbons (Fsp3) is 0.647. The van der Waals surface area contributed by atoms with Crippen LogP contribution in [-0.4, -0.2) is 12.4 Å². The highest BCUT2D eigenvalue weighted by Gasteiger charge is 2.20. The van der Waals surface area contributed by atoms with E-state index in [9.17, 15) is 0 Å². The van der Waals surface area contributed by atoms with Gasteiger partial charge < -0.3 is 4.74 Å². The summed E-state index contributed by atoms with van der Waals surface area (Å²) in [6.07, 6.45) is 0. The van der Waals surface area contributed by atoms with Crippen molar-refractivity contribution in [2.45, 2.75) is 53.4 Å². The normalized spacial score (nSPS) is 12.3. The molecule has 0 heterocycles. The van der Waals surface area contributed by atoms with Crippen LogP contribution < -0.4 is 4.74 Å². The second kappa shape index (κ2) is 6.69. The van der Waals surface area contributed by atoms with Crippen LogP contribution in [-0.2, 0) is 0 Å². The Morgan fingerprint density at radius 3 is 1.89 bits per heavy atom. The molecule has 0 fully saturated rings. The van der Waals surface area contributed by atoms with Gasteiger partial charge in [-0.15, -0.1) is 0 Å². The molecule has 0 bridgehead atoms. The van der Waals surface area contributed by atoms with Crippen molar-refractivity contribution in [2.24, 2.45) is 5.41 Å². The van der Waals surface area contributed by atoms with Crippen LogP contribution in [0.25, 0.3) is 0 Å². The molecule has 1 aromatic rings. The zero-order valence-corrected chi connectivity index (χ0v) is 14.1. The van der Waals surface area contributed by atoms with E-state index >= 15 is 0 Å². The first-order chi connectivity index (χ1) is 8.78. The van der Waals surface area contributed by atoms with E-state index in [0.717, 1.165) is 11.5 Å². The zero-order chi connectivity index (χ0) is 14.6. The van der Waals surface area contributed by atoms with Crippen molar-refractivity contribution in [1.82, 2.24) is 0 Å². The quantitative estimate of drug-likeness (QED) is 0.699. The molecule has 0 aliphatic heterocycles. The molecule has 0 aliphatic rings.